The second-order valence-corrected chi connectivity index (χ2v) is 3.24. The molecule has 0 saturated carbocycles. The molecule has 0 bridgehead atoms. The van der Waals surface area contributed by atoms with Gasteiger partial charge in [0, 0.05) is 18.4 Å². The van der Waals surface area contributed by atoms with Gasteiger partial charge in [-0.15, -0.1) is 0 Å². The highest BCUT2D eigenvalue weighted by Crippen LogP contribution is 2.12. The lowest BCUT2D eigenvalue weighted by molar-refractivity contribution is 0.948. The van der Waals surface area contributed by atoms with Crippen molar-refractivity contribution in [3.63, 3.8) is 0 Å². The zero-order chi connectivity index (χ0) is 10.7. The molecule has 0 spiro atoms. The highest BCUT2D eigenvalue weighted by molar-refractivity contribution is 5.48. The van der Waals surface area contributed by atoms with Gasteiger partial charge in [0.1, 0.15) is 5.69 Å². The molecule has 4 nitrogen and oxygen atoms in total. The van der Waals surface area contributed by atoms with Crippen LogP contribution in [0, 0.1) is 6.92 Å². The van der Waals surface area contributed by atoms with Gasteiger partial charge in [0.05, 0.1) is 5.69 Å². The molecular weight excluding hydrogens is 188 g/mol. The fourth-order valence-corrected chi connectivity index (χ4v) is 1.35. The monoisotopic (exact) mass is 200 g/mol. The van der Waals surface area contributed by atoms with Crippen molar-refractivity contribution in [1.29, 1.82) is 0 Å². The smallest absolute Gasteiger partial charge is 0.178 e. The van der Waals surface area contributed by atoms with E-state index >= 15 is 0 Å². The zero-order valence-corrected chi connectivity index (χ0v) is 8.51. The average Bonchev–Trinajstić information content (AvgIpc) is 2.29. The summed E-state index contributed by atoms with van der Waals surface area (Å²) < 4.78 is 0. The molecule has 2 N–H and O–H groups in total. The van der Waals surface area contributed by atoms with E-state index in [-0.39, 0.29) is 0 Å². The summed E-state index contributed by atoms with van der Waals surface area (Å²) in [5.74, 6) is 0.635. The highest BCUT2D eigenvalue weighted by atomic mass is 14.9. The number of rotatable bonds is 2. The van der Waals surface area contributed by atoms with Crippen molar-refractivity contribution in [2.24, 2.45) is 5.73 Å². The third kappa shape index (κ3) is 2.16. The van der Waals surface area contributed by atoms with E-state index in [0.717, 1.165) is 17.1 Å². The van der Waals surface area contributed by atoms with E-state index in [1.54, 1.807) is 6.20 Å². The maximum Gasteiger partial charge on any atom is 0.178 e. The van der Waals surface area contributed by atoms with Crippen LogP contribution >= 0.6 is 0 Å². The minimum absolute atomic E-state index is 0.420. The summed E-state index contributed by atoms with van der Waals surface area (Å²) in [6, 6.07) is 7.54. The van der Waals surface area contributed by atoms with Gasteiger partial charge in [0.2, 0.25) is 0 Å². The Bertz CT molecular complexity index is 453. The Kier molecular flexibility index (Phi) is 2.69. The van der Waals surface area contributed by atoms with E-state index in [2.05, 4.69) is 15.0 Å². The first-order valence-electron chi connectivity index (χ1n) is 4.75. The molecule has 2 rings (SSSR count). The molecular formula is C11H12N4. The number of nitrogens with two attached hydrogens (primary N) is 1. The molecule has 0 unspecified atom stereocenters. The Balaban J connectivity index is 2.49. The van der Waals surface area contributed by atoms with Gasteiger partial charge in [-0.25, -0.2) is 9.97 Å². The van der Waals surface area contributed by atoms with Crippen LogP contribution in [0.4, 0.5) is 0 Å². The quantitative estimate of drug-likeness (QED) is 0.793. The van der Waals surface area contributed by atoms with E-state index in [0.29, 0.717) is 12.4 Å². The van der Waals surface area contributed by atoms with Gasteiger partial charge in [-0.3, -0.25) is 4.98 Å². The normalized spacial score (nSPS) is 10.3. The van der Waals surface area contributed by atoms with Crippen molar-refractivity contribution in [1.82, 2.24) is 15.0 Å². The third-order valence-corrected chi connectivity index (χ3v) is 2.01. The molecule has 2 aromatic rings. The molecule has 15 heavy (non-hydrogen) atoms. The Morgan fingerprint density at radius 1 is 1.27 bits per heavy atom. The summed E-state index contributed by atoms with van der Waals surface area (Å²) in [5, 5.41) is 0. The van der Waals surface area contributed by atoms with E-state index < -0.39 is 0 Å². The van der Waals surface area contributed by atoms with Crippen LogP contribution in [0.5, 0.6) is 0 Å². The van der Waals surface area contributed by atoms with Gasteiger partial charge in [0.15, 0.2) is 5.82 Å². The Morgan fingerprint density at radius 2 is 2.13 bits per heavy atom. The summed E-state index contributed by atoms with van der Waals surface area (Å²) in [7, 11) is 0. The Labute approximate surface area is 88.2 Å². The number of aromatic nitrogens is 3. The largest absolute Gasteiger partial charge is 0.325 e. The molecule has 0 fully saturated rings. The van der Waals surface area contributed by atoms with Crippen LogP contribution in [0.25, 0.3) is 11.5 Å². The lowest BCUT2D eigenvalue weighted by Crippen LogP contribution is -2.03. The second kappa shape index (κ2) is 4.14. The molecule has 4 heteroatoms. The molecule has 0 amide bonds. The Morgan fingerprint density at radius 3 is 2.80 bits per heavy atom. The zero-order valence-electron chi connectivity index (χ0n) is 8.51. The SMILES string of the molecule is Cc1cc(CN)nc(-c2ccccn2)n1. The van der Waals surface area contributed by atoms with Gasteiger partial charge in [-0.1, -0.05) is 6.07 Å². The van der Waals surface area contributed by atoms with Gasteiger partial charge < -0.3 is 5.73 Å². The fraction of sp³-hybridized carbons (Fsp3) is 0.182. The van der Waals surface area contributed by atoms with Crippen LogP contribution in [-0.2, 0) is 6.54 Å². The van der Waals surface area contributed by atoms with E-state index in [4.69, 9.17) is 5.73 Å². The lowest BCUT2D eigenvalue weighted by atomic mass is 10.3. The molecule has 76 valence electrons. The molecule has 0 aromatic carbocycles. The van der Waals surface area contributed by atoms with Crippen molar-refractivity contribution in [2.45, 2.75) is 13.5 Å². The van der Waals surface area contributed by atoms with Crippen LogP contribution in [0.2, 0.25) is 0 Å². The summed E-state index contributed by atoms with van der Waals surface area (Å²) in [5.41, 5.74) is 8.07. The summed E-state index contributed by atoms with van der Waals surface area (Å²) in [6.07, 6.45) is 1.73. The second-order valence-electron chi connectivity index (χ2n) is 3.24. The van der Waals surface area contributed by atoms with Crippen LogP contribution in [0.3, 0.4) is 0 Å². The van der Waals surface area contributed by atoms with Crippen molar-refractivity contribution in [2.75, 3.05) is 0 Å². The van der Waals surface area contributed by atoms with E-state index in [1.807, 2.05) is 31.2 Å². The first-order valence-corrected chi connectivity index (χ1v) is 4.75. The highest BCUT2D eigenvalue weighted by Gasteiger charge is 2.04. The molecule has 0 aliphatic heterocycles. The minimum Gasteiger partial charge on any atom is -0.325 e. The predicted molar refractivity (Wildman–Crippen MR) is 57.9 cm³/mol. The molecule has 0 aliphatic rings. The van der Waals surface area contributed by atoms with Crippen LogP contribution in [-0.4, -0.2) is 15.0 Å². The molecule has 0 atom stereocenters. The summed E-state index contributed by atoms with van der Waals surface area (Å²) >= 11 is 0. The molecule has 0 radical (unpaired) electrons. The van der Waals surface area contributed by atoms with E-state index in [1.165, 1.54) is 0 Å². The van der Waals surface area contributed by atoms with Crippen molar-refractivity contribution in [3.05, 3.63) is 41.9 Å². The molecule has 2 heterocycles. The van der Waals surface area contributed by atoms with Gasteiger partial charge in [-0.05, 0) is 25.1 Å². The van der Waals surface area contributed by atoms with Gasteiger partial charge >= 0.3 is 0 Å². The lowest BCUT2D eigenvalue weighted by Gasteiger charge is -2.03. The van der Waals surface area contributed by atoms with Crippen molar-refractivity contribution < 1.29 is 0 Å². The summed E-state index contributed by atoms with van der Waals surface area (Å²) in [6.45, 7) is 2.34. The van der Waals surface area contributed by atoms with Gasteiger partial charge in [-0.2, -0.15) is 0 Å². The number of aryl methyl sites for hydroxylation is 1. The first kappa shape index (κ1) is 9.73. The first-order chi connectivity index (χ1) is 7.29. The molecule has 0 aliphatic carbocycles. The van der Waals surface area contributed by atoms with Crippen LogP contribution in [0.15, 0.2) is 30.5 Å². The predicted octanol–water partition coefficient (Wildman–Crippen LogP) is 1.31. The topological polar surface area (TPSA) is 64.7 Å². The number of pyridine rings is 1. The fourth-order valence-electron chi connectivity index (χ4n) is 1.35. The van der Waals surface area contributed by atoms with Crippen molar-refractivity contribution in [3.8, 4) is 11.5 Å². The molecule has 0 saturated heterocycles. The minimum atomic E-state index is 0.420. The number of nitrogens with zero attached hydrogens (tertiary/aromatic N) is 3. The average molecular weight is 200 g/mol. The van der Waals surface area contributed by atoms with E-state index in [9.17, 15) is 0 Å². The van der Waals surface area contributed by atoms with Crippen LogP contribution < -0.4 is 5.73 Å². The van der Waals surface area contributed by atoms with Crippen LogP contribution in [0.1, 0.15) is 11.4 Å². The summed E-state index contributed by atoms with van der Waals surface area (Å²) in [4.78, 5) is 12.8. The maximum atomic E-state index is 5.55. The van der Waals surface area contributed by atoms with Crippen molar-refractivity contribution >= 4 is 0 Å². The third-order valence-electron chi connectivity index (χ3n) is 2.01. The Hall–Kier alpha value is -1.81. The maximum absolute atomic E-state index is 5.55. The number of hydrogen-bond donors (Lipinski definition) is 1. The standard InChI is InChI=1S/C11H12N4/c1-8-6-9(7-12)15-11(14-8)10-4-2-3-5-13-10/h2-6H,7,12H2,1H3. The number of hydrogen-bond acceptors (Lipinski definition) is 4. The van der Waals surface area contributed by atoms with Gasteiger partial charge in [0.25, 0.3) is 0 Å². The molecule has 2 aromatic heterocycles.